The molecule has 1 saturated heterocycles. The molecule has 128 valence electrons. The van der Waals surface area contributed by atoms with Crippen molar-refractivity contribution in [1.82, 2.24) is 20.3 Å². The zero-order chi connectivity index (χ0) is 16.2. The van der Waals surface area contributed by atoms with E-state index < -0.39 is 0 Å². The maximum Gasteiger partial charge on any atom is 0.0965 e. The van der Waals surface area contributed by atoms with Gasteiger partial charge in [0.25, 0.3) is 0 Å². The monoisotopic (exact) mass is 326 g/mol. The smallest absolute Gasteiger partial charge is 0.0965 e. The zero-order valence-corrected chi connectivity index (χ0v) is 14.2. The standard InChI is InChI=1S/C19H26N4O/c1-2-7-16(8-3-1)14-23-15-17(21-22-23)13-20-19(10-6-11-19)18-9-4-5-12-24-18/h1-3,7-8,15,18,20H,4-6,9-14H2. The van der Waals surface area contributed by atoms with Crippen molar-refractivity contribution in [3.63, 3.8) is 0 Å². The van der Waals surface area contributed by atoms with Gasteiger partial charge in [-0.15, -0.1) is 5.10 Å². The predicted octanol–water partition coefficient (Wildman–Crippen LogP) is 2.91. The molecule has 0 amide bonds. The summed E-state index contributed by atoms with van der Waals surface area (Å²) < 4.78 is 7.97. The molecule has 24 heavy (non-hydrogen) atoms. The minimum absolute atomic E-state index is 0.170. The normalized spacial score (nSPS) is 22.9. The molecular formula is C19H26N4O. The van der Waals surface area contributed by atoms with E-state index in [0.717, 1.165) is 25.4 Å². The number of hydrogen-bond donors (Lipinski definition) is 1. The minimum Gasteiger partial charge on any atom is -0.376 e. The lowest BCUT2D eigenvalue weighted by molar-refractivity contribution is -0.0742. The van der Waals surface area contributed by atoms with E-state index in [1.165, 1.54) is 44.1 Å². The first-order chi connectivity index (χ1) is 11.8. The molecule has 1 atom stereocenters. The van der Waals surface area contributed by atoms with Crippen LogP contribution >= 0.6 is 0 Å². The molecule has 0 radical (unpaired) electrons. The number of hydrogen-bond acceptors (Lipinski definition) is 4. The van der Waals surface area contributed by atoms with Crippen LogP contribution < -0.4 is 5.32 Å². The molecule has 2 fully saturated rings. The van der Waals surface area contributed by atoms with Gasteiger partial charge in [-0.25, -0.2) is 4.68 Å². The van der Waals surface area contributed by atoms with Gasteiger partial charge in [0.15, 0.2) is 0 Å². The molecule has 0 bridgehead atoms. The summed E-state index contributed by atoms with van der Waals surface area (Å²) in [5.74, 6) is 0. The summed E-state index contributed by atoms with van der Waals surface area (Å²) in [5, 5.41) is 12.3. The van der Waals surface area contributed by atoms with Crippen LogP contribution in [-0.4, -0.2) is 33.2 Å². The second kappa shape index (κ2) is 7.03. The molecule has 1 N–H and O–H groups in total. The highest BCUT2D eigenvalue weighted by molar-refractivity contribution is 5.15. The number of ether oxygens (including phenoxy) is 1. The van der Waals surface area contributed by atoms with Crippen LogP contribution in [0, 0.1) is 0 Å². The number of rotatable bonds is 6. The van der Waals surface area contributed by atoms with Crippen molar-refractivity contribution >= 4 is 0 Å². The van der Waals surface area contributed by atoms with Crippen molar-refractivity contribution in [2.24, 2.45) is 0 Å². The van der Waals surface area contributed by atoms with Crippen LogP contribution in [0.2, 0.25) is 0 Å². The molecule has 5 heteroatoms. The molecule has 1 unspecified atom stereocenters. The highest BCUT2D eigenvalue weighted by Crippen LogP contribution is 2.39. The second-order valence-electron chi connectivity index (χ2n) is 7.11. The molecule has 2 aliphatic rings. The first-order valence-corrected chi connectivity index (χ1v) is 9.14. The third kappa shape index (κ3) is 3.37. The summed E-state index contributed by atoms with van der Waals surface area (Å²) >= 11 is 0. The van der Waals surface area contributed by atoms with Gasteiger partial charge in [-0.2, -0.15) is 0 Å². The number of nitrogens with one attached hydrogen (secondary N) is 1. The van der Waals surface area contributed by atoms with Gasteiger partial charge in [-0.05, 0) is 44.1 Å². The fraction of sp³-hybridized carbons (Fsp3) is 0.579. The second-order valence-corrected chi connectivity index (χ2v) is 7.11. The van der Waals surface area contributed by atoms with Gasteiger partial charge < -0.3 is 10.1 Å². The Bertz CT molecular complexity index is 644. The quantitative estimate of drug-likeness (QED) is 0.887. The van der Waals surface area contributed by atoms with Crippen LogP contribution in [-0.2, 0) is 17.8 Å². The Balaban J connectivity index is 1.35. The van der Waals surface area contributed by atoms with Gasteiger partial charge in [0.2, 0.25) is 0 Å². The van der Waals surface area contributed by atoms with Gasteiger partial charge in [-0.3, -0.25) is 0 Å². The van der Waals surface area contributed by atoms with E-state index in [1.807, 2.05) is 16.9 Å². The van der Waals surface area contributed by atoms with Crippen LogP contribution in [0.3, 0.4) is 0 Å². The van der Waals surface area contributed by atoms with Gasteiger partial charge in [0.05, 0.1) is 24.5 Å². The summed E-state index contributed by atoms with van der Waals surface area (Å²) in [4.78, 5) is 0. The summed E-state index contributed by atoms with van der Waals surface area (Å²) in [6.45, 7) is 2.46. The topological polar surface area (TPSA) is 52.0 Å². The molecule has 1 aliphatic heterocycles. The van der Waals surface area contributed by atoms with Crippen LogP contribution in [0.1, 0.15) is 49.8 Å². The van der Waals surface area contributed by atoms with Gasteiger partial charge in [-0.1, -0.05) is 35.5 Å². The van der Waals surface area contributed by atoms with Crippen LogP contribution in [0.25, 0.3) is 0 Å². The highest BCUT2D eigenvalue weighted by Gasteiger charge is 2.44. The first kappa shape index (κ1) is 15.8. The fourth-order valence-corrected chi connectivity index (χ4v) is 3.88. The van der Waals surface area contributed by atoms with Crippen LogP contribution in [0.5, 0.6) is 0 Å². The third-order valence-electron chi connectivity index (χ3n) is 5.44. The third-order valence-corrected chi connectivity index (χ3v) is 5.44. The molecule has 1 aromatic heterocycles. The van der Waals surface area contributed by atoms with E-state index in [1.54, 1.807) is 0 Å². The lowest BCUT2D eigenvalue weighted by Gasteiger charge is -2.49. The zero-order valence-electron chi connectivity index (χ0n) is 14.2. The molecule has 0 spiro atoms. The van der Waals surface area contributed by atoms with Crippen LogP contribution in [0.4, 0.5) is 0 Å². The van der Waals surface area contributed by atoms with Crippen molar-refractivity contribution in [2.45, 2.75) is 63.3 Å². The first-order valence-electron chi connectivity index (χ1n) is 9.14. The van der Waals surface area contributed by atoms with Crippen molar-refractivity contribution in [2.75, 3.05) is 6.61 Å². The molecule has 2 heterocycles. The molecule has 2 aromatic rings. The Morgan fingerprint density at radius 3 is 2.75 bits per heavy atom. The van der Waals surface area contributed by atoms with E-state index in [4.69, 9.17) is 4.74 Å². The van der Waals surface area contributed by atoms with Crippen molar-refractivity contribution in [1.29, 1.82) is 0 Å². The number of nitrogens with zero attached hydrogens (tertiary/aromatic N) is 3. The van der Waals surface area contributed by atoms with Crippen molar-refractivity contribution in [3.05, 3.63) is 47.8 Å². The molecule has 4 rings (SSSR count). The van der Waals surface area contributed by atoms with Gasteiger partial charge in [0.1, 0.15) is 0 Å². The Morgan fingerprint density at radius 1 is 1.17 bits per heavy atom. The van der Waals surface area contributed by atoms with Gasteiger partial charge in [0, 0.05) is 18.7 Å². The van der Waals surface area contributed by atoms with Crippen molar-refractivity contribution < 1.29 is 4.74 Å². The average Bonchev–Trinajstić information content (AvgIpc) is 3.03. The number of aromatic nitrogens is 3. The van der Waals surface area contributed by atoms with E-state index in [2.05, 4.69) is 39.9 Å². The minimum atomic E-state index is 0.170. The lowest BCUT2D eigenvalue weighted by atomic mass is 9.70. The summed E-state index contributed by atoms with van der Waals surface area (Å²) in [5.41, 5.74) is 2.42. The highest BCUT2D eigenvalue weighted by atomic mass is 16.5. The van der Waals surface area contributed by atoms with Crippen molar-refractivity contribution in [3.8, 4) is 0 Å². The summed E-state index contributed by atoms with van der Waals surface area (Å²) in [7, 11) is 0. The van der Waals surface area contributed by atoms with E-state index in [0.29, 0.717) is 6.10 Å². The Hall–Kier alpha value is -1.72. The maximum atomic E-state index is 6.05. The largest absolute Gasteiger partial charge is 0.376 e. The molecule has 1 saturated carbocycles. The van der Waals surface area contributed by atoms with Crippen LogP contribution in [0.15, 0.2) is 36.5 Å². The Labute approximate surface area is 143 Å². The summed E-state index contributed by atoms with van der Waals surface area (Å²) in [6.07, 6.45) is 9.85. The van der Waals surface area contributed by atoms with E-state index >= 15 is 0 Å². The Kier molecular flexibility index (Phi) is 4.63. The lowest BCUT2D eigenvalue weighted by Crippen LogP contribution is -2.60. The van der Waals surface area contributed by atoms with E-state index in [9.17, 15) is 0 Å². The average molecular weight is 326 g/mol. The maximum absolute atomic E-state index is 6.05. The predicted molar refractivity (Wildman–Crippen MR) is 92.6 cm³/mol. The van der Waals surface area contributed by atoms with Gasteiger partial charge >= 0.3 is 0 Å². The number of benzene rings is 1. The SMILES string of the molecule is c1ccc(Cn2cc(CNC3(C4CCCCO4)CCC3)nn2)cc1. The molecule has 1 aromatic carbocycles. The molecule has 5 nitrogen and oxygen atoms in total. The summed E-state index contributed by atoms with van der Waals surface area (Å²) in [6, 6.07) is 10.4. The molecular weight excluding hydrogens is 300 g/mol. The Morgan fingerprint density at radius 2 is 2.04 bits per heavy atom. The molecule has 1 aliphatic carbocycles. The fourth-order valence-electron chi connectivity index (χ4n) is 3.88. The van der Waals surface area contributed by atoms with E-state index in [-0.39, 0.29) is 5.54 Å².